The number of aliphatic imine (C=N–C) groups is 1. The van der Waals surface area contributed by atoms with Crippen LogP contribution in [0.25, 0.3) is 0 Å². The molecule has 8 nitrogen and oxygen atoms in total. The Labute approximate surface area is 140 Å². The number of methoxy groups -OCH3 is 1. The Morgan fingerprint density at radius 3 is 2.58 bits per heavy atom. The third kappa shape index (κ3) is 2.75. The van der Waals surface area contributed by atoms with Gasteiger partial charge in [-0.1, -0.05) is 12.1 Å². The Morgan fingerprint density at radius 2 is 1.96 bits per heavy atom. The number of guanidine groups is 1. The molecular weight excluding hydrogens is 310 g/mol. The Hall–Kier alpha value is -2.77. The highest BCUT2D eigenvalue weighted by Gasteiger charge is 2.49. The highest BCUT2D eigenvalue weighted by atomic mass is 16.5. The Kier molecular flexibility index (Phi) is 4.28. The van der Waals surface area contributed by atoms with Crippen LogP contribution in [-0.4, -0.2) is 67.7 Å². The number of imide groups is 1. The van der Waals surface area contributed by atoms with E-state index in [1.807, 2.05) is 29.2 Å². The van der Waals surface area contributed by atoms with Crippen LogP contribution in [0.5, 0.6) is 5.75 Å². The summed E-state index contributed by atoms with van der Waals surface area (Å²) in [7, 11) is 4.96. The summed E-state index contributed by atoms with van der Waals surface area (Å²) in [6.07, 6.45) is 0.347. The van der Waals surface area contributed by atoms with Gasteiger partial charge in [0.25, 0.3) is 5.91 Å². The maximum absolute atomic E-state index is 12.3. The number of carbonyl (C=O) groups is 2. The van der Waals surface area contributed by atoms with E-state index >= 15 is 0 Å². The first-order valence-corrected chi connectivity index (χ1v) is 7.75. The molecule has 0 saturated carbocycles. The van der Waals surface area contributed by atoms with E-state index in [0.717, 1.165) is 17.7 Å². The number of urea groups is 1. The molecule has 128 valence electrons. The van der Waals surface area contributed by atoms with Crippen molar-refractivity contribution in [1.82, 2.24) is 20.4 Å². The molecule has 2 N–H and O–H groups in total. The van der Waals surface area contributed by atoms with E-state index in [2.05, 4.69) is 15.6 Å². The third-order valence-corrected chi connectivity index (χ3v) is 4.43. The van der Waals surface area contributed by atoms with E-state index in [0.29, 0.717) is 12.5 Å². The standard InChI is InChI=1S/C16H21N5O3/c1-17-15-18-13-12(14(22)19-16(23)20(13)2)21(15)9-8-10-4-6-11(24-3)7-5-10/h4-7,12-13H,8-9H2,1-3H3,(H,17,18)(H,19,22,23). The van der Waals surface area contributed by atoms with Gasteiger partial charge in [0.05, 0.1) is 7.11 Å². The van der Waals surface area contributed by atoms with Crippen LogP contribution in [0.3, 0.4) is 0 Å². The predicted octanol–water partition coefficient (Wildman–Crippen LogP) is 0.00500. The fraction of sp³-hybridized carbons (Fsp3) is 0.438. The molecule has 3 rings (SSSR count). The van der Waals surface area contributed by atoms with Crippen LogP contribution in [0.15, 0.2) is 29.3 Å². The van der Waals surface area contributed by atoms with Gasteiger partial charge >= 0.3 is 6.03 Å². The Bertz CT molecular complexity index is 673. The Morgan fingerprint density at radius 1 is 1.25 bits per heavy atom. The molecule has 2 heterocycles. The normalized spacial score (nSPS) is 24.7. The van der Waals surface area contributed by atoms with Crippen molar-refractivity contribution in [2.75, 3.05) is 27.7 Å². The minimum Gasteiger partial charge on any atom is -0.497 e. The van der Waals surface area contributed by atoms with Gasteiger partial charge in [-0.25, -0.2) is 4.79 Å². The highest BCUT2D eigenvalue weighted by Crippen LogP contribution is 2.21. The summed E-state index contributed by atoms with van der Waals surface area (Å²) in [4.78, 5) is 31.7. The zero-order chi connectivity index (χ0) is 17.3. The molecule has 2 atom stereocenters. The molecule has 0 aliphatic carbocycles. The van der Waals surface area contributed by atoms with Gasteiger partial charge in [-0.2, -0.15) is 0 Å². The van der Waals surface area contributed by atoms with Gasteiger partial charge in [0.15, 0.2) is 12.0 Å². The number of hydrogen-bond donors (Lipinski definition) is 2. The molecule has 2 saturated heterocycles. The van der Waals surface area contributed by atoms with Crippen molar-refractivity contribution in [2.45, 2.75) is 18.6 Å². The van der Waals surface area contributed by atoms with Gasteiger partial charge in [0.1, 0.15) is 11.9 Å². The number of carbonyl (C=O) groups excluding carboxylic acids is 2. The van der Waals surface area contributed by atoms with E-state index < -0.39 is 18.2 Å². The molecule has 0 bridgehead atoms. The van der Waals surface area contributed by atoms with E-state index in [9.17, 15) is 9.59 Å². The smallest absolute Gasteiger partial charge is 0.325 e. The molecule has 2 unspecified atom stereocenters. The number of hydrogen-bond acceptors (Lipinski definition) is 4. The number of nitrogens with one attached hydrogen (secondary N) is 2. The van der Waals surface area contributed by atoms with Crippen LogP contribution >= 0.6 is 0 Å². The van der Waals surface area contributed by atoms with Crippen molar-refractivity contribution in [2.24, 2.45) is 4.99 Å². The Balaban J connectivity index is 1.75. The van der Waals surface area contributed by atoms with E-state index in [-0.39, 0.29) is 5.91 Å². The number of amides is 3. The summed E-state index contributed by atoms with van der Waals surface area (Å²) in [5, 5.41) is 5.54. The van der Waals surface area contributed by atoms with E-state index in [1.54, 1.807) is 21.2 Å². The van der Waals surface area contributed by atoms with Crippen molar-refractivity contribution in [1.29, 1.82) is 0 Å². The van der Waals surface area contributed by atoms with Crippen LogP contribution in [0.2, 0.25) is 0 Å². The molecule has 2 aliphatic rings. The molecule has 1 aromatic carbocycles. The molecule has 1 aromatic rings. The topological polar surface area (TPSA) is 86.3 Å². The first-order chi connectivity index (χ1) is 11.5. The predicted molar refractivity (Wildman–Crippen MR) is 88.8 cm³/mol. The van der Waals surface area contributed by atoms with Crippen LogP contribution < -0.4 is 15.4 Å². The number of likely N-dealkylation sites (N-methyl/N-ethyl adjacent to an activating group) is 1. The lowest BCUT2D eigenvalue weighted by molar-refractivity contribution is -0.127. The minimum absolute atomic E-state index is 0.302. The summed E-state index contributed by atoms with van der Waals surface area (Å²) in [5.74, 6) is 1.13. The van der Waals surface area contributed by atoms with Crippen LogP contribution in [0.1, 0.15) is 5.56 Å². The van der Waals surface area contributed by atoms with Crippen molar-refractivity contribution in [3.63, 3.8) is 0 Å². The molecule has 24 heavy (non-hydrogen) atoms. The van der Waals surface area contributed by atoms with Crippen molar-refractivity contribution in [3.8, 4) is 5.75 Å². The van der Waals surface area contributed by atoms with Crippen molar-refractivity contribution >= 4 is 17.9 Å². The average Bonchev–Trinajstić information content (AvgIpc) is 2.97. The number of rotatable bonds is 4. The number of benzene rings is 1. The van der Waals surface area contributed by atoms with E-state index in [4.69, 9.17) is 4.74 Å². The summed E-state index contributed by atoms with van der Waals surface area (Å²) < 4.78 is 5.16. The van der Waals surface area contributed by atoms with Crippen LogP contribution in [0.4, 0.5) is 4.79 Å². The fourth-order valence-corrected chi connectivity index (χ4v) is 3.06. The largest absolute Gasteiger partial charge is 0.497 e. The summed E-state index contributed by atoms with van der Waals surface area (Å²) >= 11 is 0. The van der Waals surface area contributed by atoms with Crippen LogP contribution in [-0.2, 0) is 11.2 Å². The quantitative estimate of drug-likeness (QED) is 0.811. The monoisotopic (exact) mass is 331 g/mol. The highest BCUT2D eigenvalue weighted by molar-refractivity contribution is 6.04. The summed E-state index contributed by atoms with van der Waals surface area (Å²) in [6, 6.07) is 6.94. The first kappa shape index (κ1) is 16.1. The zero-order valence-corrected chi connectivity index (χ0v) is 13.9. The molecule has 0 spiro atoms. The summed E-state index contributed by atoms with van der Waals surface area (Å²) in [5.41, 5.74) is 1.13. The molecular formula is C16H21N5O3. The second-order valence-electron chi connectivity index (χ2n) is 5.78. The zero-order valence-electron chi connectivity index (χ0n) is 13.9. The maximum atomic E-state index is 12.3. The molecule has 0 aromatic heterocycles. The van der Waals surface area contributed by atoms with Gasteiger partial charge in [-0.15, -0.1) is 0 Å². The molecule has 8 heteroatoms. The van der Waals surface area contributed by atoms with Gasteiger partial charge < -0.3 is 19.9 Å². The van der Waals surface area contributed by atoms with Gasteiger partial charge in [0.2, 0.25) is 0 Å². The first-order valence-electron chi connectivity index (χ1n) is 7.75. The molecule has 2 aliphatic heterocycles. The molecule has 0 radical (unpaired) electrons. The number of ether oxygens (including phenoxy) is 1. The van der Waals surface area contributed by atoms with Gasteiger partial charge in [-0.3, -0.25) is 15.1 Å². The van der Waals surface area contributed by atoms with Gasteiger partial charge in [0, 0.05) is 20.6 Å². The lowest BCUT2D eigenvalue weighted by Gasteiger charge is -2.35. The lowest BCUT2D eigenvalue weighted by Crippen LogP contribution is -2.64. The van der Waals surface area contributed by atoms with Gasteiger partial charge in [-0.05, 0) is 24.1 Å². The fourth-order valence-electron chi connectivity index (χ4n) is 3.06. The molecule has 2 fully saturated rings. The number of nitrogens with zero attached hydrogens (tertiary/aromatic N) is 3. The van der Waals surface area contributed by atoms with Crippen LogP contribution in [0, 0.1) is 0 Å². The van der Waals surface area contributed by atoms with Crippen molar-refractivity contribution < 1.29 is 14.3 Å². The second-order valence-corrected chi connectivity index (χ2v) is 5.78. The summed E-state index contributed by atoms with van der Waals surface area (Å²) in [6.45, 7) is 0.614. The van der Waals surface area contributed by atoms with E-state index in [1.165, 1.54) is 4.90 Å². The lowest BCUT2D eigenvalue weighted by atomic mass is 10.1. The minimum atomic E-state index is -0.482. The number of fused-ring (bicyclic) bond motifs is 1. The average molecular weight is 331 g/mol. The second kappa shape index (κ2) is 6.38. The molecule has 3 amide bonds. The maximum Gasteiger partial charge on any atom is 0.325 e. The SMILES string of the molecule is CN=C1NC2C(C(=O)NC(=O)N2C)N1CCc1ccc(OC)cc1. The third-order valence-electron chi connectivity index (χ3n) is 4.43. The van der Waals surface area contributed by atoms with Crippen molar-refractivity contribution in [3.05, 3.63) is 29.8 Å².